The number of aliphatic hydroxyl groups is 1. The Morgan fingerprint density at radius 2 is 1.21 bits per heavy atom. The average Bonchev–Trinajstić information content (AvgIpc) is 2.98. The van der Waals surface area contributed by atoms with E-state index in [-0.39, 0.29) is 6.61 Å². The first-order valence-electron chi connectivity index (χ1n) is 15.3. The molecule has 0 atom stereocenters. The van der Waals surface area contributed by atoms with Crippen molar-refractivity contribution in [1.82, 2.24) is 5.32 Å². The minimum atomic E-state index is 0.252. The number of nitrogens with one attached hydrogen (secondary N) is 1. The van der Waals surface area contributed by atoms with Crippen LogP contribution in [-0.2, 0) is 26.2 Å². The summed E-state index contributed by atoms with van der Waals surface area (Å²) in [5, 5.41) is 12.5. The lowest BCUT2D eigenvalue weighted by molar-refractivity contribution is 0.284. The second-order valence-electron chi connectivity index (χ2n) is 11.3. The van der Waals surface area contributed by atoms with Crippen LogP contribution in [0.15, 0.2) is 72.8 Å². The summed E-state index contributed by atoms with van der Waals surface area (Å²) in [6.45, 7) is 14.0. The molecule has 42 heavy (non-hydrogen) atoms. The fourth-order valence-corrected chi connectivity index (χ4v) is 5.44. The van der Waals surface area contributed by atoms with E-state index < -0.39 is 0 Å². The molecule has 0 unspecified atom stereocenters. The number of benzene rings is 4. The highest BCUT2D eigenvalue weighted by Gasteiger charge is 2.13. The predicted octanol–water partition coefficient (Wildman–Crippen LogP) is 8.56. The van der Waals surface area contributed by atoms with E-state index in [9.17, 15) is 0 Å². The Morgan fingerprint density at radius 1 is 0.667 bits per heavy atom. The molecular formula is C38H47NO3. The van der Waals surface area contributed by atoms with Crippen LogP contribution in [0.5, 0.6) is 11.5 Å². The molecule has 4 nitrogen and oxygen atoms in total. The predicted molar refractivity (Wildman–Crippen MR) is 174 cm³/mol. The van der Waals surface area contributed by atoms with E-state index in [1.165, 1.54) is 44.5 Å². The Balaban J connectivity index is 1.44. The SMILES string of the molecule is CCCNCc1ccc(OCc2cccc(-c3cccc(COc4ccc(CCCCO)cc4C)c3C)c2C)c(C)c1. The molecule has 0 spiro atoms. The number of unbranched alkanes of at least 4 members (excludes halogenated alkanes) is 1. The second kappa shape index (κ2) is 15.6. The van der Waals surface area contributed by atoms with Crippen LogP contribution in [0.25, 0.3) is 11.1 Å². The van der Waals surface area contributed by atoms with Gasteiger partial charge in [-0.05, 0) is 128 Å². The van der Waals surface area contributed by atoms with E-state index in [4.69, 9.17) is 14.6 Å². The number of aryl methyl sites for hydroxylation is 3. The first kappa shape index (κ1) is 31.3. The molecule has 4 aromatic rings. The van der Waals surface area contributed by atoms with E-state index in [1.807, 2.05) is 0 Å². The molecule has 4 heteroatoms. The zero-order chi connectivity index (χ0) is 29.9. The largest absolute Gasteiger partial charge is 0.489 e. The van der Waals surface area contributed by atoms with Gasteiger partial charge in [-0.15, -0.1) is 0 Å². The molecule has 0 saturated heterocycles. The van der Waals surface area contributed by atoms with Crippen molar-refractivity contribution in [2.75, 3.05) is 13.2 Å². The third kappa shape index (κ3) is 8.24. The van der Waals surface area contributed by atoms with Crippen molar-refractivity contribution in [2.24, 2.45) is 0 Å². The Bertz CT molecular complexity index is 1350. The fraction of sp³-hybridized carbons (Fsp3) is 0.368. The van der Waals surface area contributed by atoms with Crippen LogP contribution in [-0.4, -0.2) is 18.3 Å². The minimum Gasteiger partial charge on any atom is -0.489 e. The third-order valence-corrected chi connectivity index (χ3v) is 8.06. The molecule has 0 bridgehead atoms. The van der Waals surface area contributed by atoms with E-state index in [0.717, 1.165) is 61.4 Å². The Labute approximate surface area is 252 Å². The summed E-state index contributed by atoms with van der Waals surface area (Å²) in [5.41, 5.74) is 12.2. The van der Waals surface area contributed by atoms with Gasteiger partial charge in [-0.1, -0.05) is 67.6 Å². The minimum absolute atomic E-state index is 0.252. The molecule has 0 amide bonds. The zero-order valence-electron chi connectivity index (χ0n) is 26.1. The van der Waals surface area contributed by atoms with Gasteiger partial charge in [0.15, 0.2) is 0 Å². The van der Waals surface area contributed by atoms with Gasteiger partial charge in [-0.25, -0.2) is 0 Å². The van der Waals surface area contributed by atoms with Crippen molar-refractivity contribution < 1.29 is 14.6 Å². The van der Waals surface area contributed by atoms with Gasteiger partial charge in [-0.2, -0.15) is 0 Å². The molecule has 0 aliphatic rings. The van der Waals surface area contributed by atoms with Gasteiger partial charge in [0, 0.05) is 13.2 Å². The number of aliphatic hydroxyl groups excluding tert-OH is 1. The van der Waals surface area contributed by atoms with Crippen LogP contribution < -0.4 is 14.8 Å². The monoisotopic (exact) mass is 565 g/mol. The van der Waals surface area contributed by atoms with Gasteiger partial charge in [0.05, 0.1) is 0 Å². The number of hydrogen-bond acceptors (Lipinski definition) is 4. The van der Waals surface area contributed by atoms with Crippen molar-refractivity contribution in [3.05, 3.63) is 117 Å². The highest BCUT2D eigenvalue weighted by molar-refractivity contribution is 5.72. The first-order valence-corrected chi connectivity index (χ1v) is 15.3. The molecule has 0 aliphatic carbocycles. The molecule has 0 aromatic heterocycles. The summed E-state index contributed by atoms with van der Waals surface area (Å²) in [6, 6.07) is 25.9. The summed E-state index contributed by atoms with van der Waals surface area (Å²) in [7, 11) is 0. The van der Waals surface area contributed by atoms with Crippen molar-refractivity contribution in [3.63, 3.8) is 0 Å². The van der Waals surface area contributed by atoms with E-state index >= 15 is 0 Å². The van der Waals surface area contributed by atoms with Gasteiger partial charge in [0.2, 0.25) is 0 Å². The standard InChI is InChI=1S/C38H47NO3/c1-6-20-39-24-32-17-19-38(28(3)23-32)42-26-34-13-10-15-36(30(34)5)35-14-9-12-33(29(35)4)25-41-37-18-16-31(22-27(37)2)11-7-8-21-40/h9-10,12-19,22-23,39-40H,6-8,11,20-21,24-26H2,1-5H3. The lowest BCUT2D eigenvalue weighted by atomic mass is 9.92. The molecule has 4 aromatic carbocycles. The van der Waals surface area contributed by atoms with Crippen LogP contribution in [0.4, 0.5) is 0 Å². The fourth-order valence-electron chi connectivity index (χ4n) is 5.44. The van der Waals surface area contributed by atoms with Crippen molar-refractivity contribution in [3.8, 4) is 22.6 Å². The van der Waals surface area contributed by atoms with Crippen molar-refractivity contribution in [2.45, 2.75) is 80.1 Å². The van der Waals surface area contributed by atoms with Gasteiger partial charge < -0.3 is 19.9 Å². The van der Waals surface area contributed by atoms with Crippen LogP contribution in [0.2, 0.25) is 0 Å². The quantitative estimate of drug-likeness (QED) is 0.142. The Morgan fingerprint density at radius 3 is 1.74 bits per heavy atom. The van der Waals surface area contributed by atoms with Crippen LogP contribution >= 0.6 is 0 Å². The lowest BCUT2D eigenvalue weighted by Gasteiger charge is -2.18. The van der Waals surface area contributed by atoms with Gasteiger partial charge in [0.25, 0.3) is 0 Å². The maximum absolute atomic E-state index is 9.05. The van der Waals surface area contributed by atoms with E-state index in [2.05, 4.69) is 113 Å². The molecule has 4 rings (SSSR count). The summed E-state index contributed by atoms with van der Waals surface area (Å²) >= 11 is 0. The molecule has 2 N–H and O–H groups in total. The van der Waals surface area contributed by atoms with Crippen LogP contribution in [0.3, 0.4) is 0 Å². The number of ether oxygens (including phenoxy) is 2. The van der Waals surface area contributed by atoms with E-state index in [0.29, 0.717) is 13.2 Å². The summed E-state index contributed by atoms with van der Waals surface area (Å²) in [5.74, 6) is 1.85. The van der Waals surface area contributed by atoms with E-state index in [1.54, 1.807) is 0 Å². The zero-order valence-corrected chi connectivity index (χ0v) is 26.1. The Hall–Kier alpha value is -3.60. The molecule has 0 fully saturated rings. The summed E-state index contributed by atoms with van der Waals surface area (Å²) in [6.07, 6.45) is 3.96. The lowest BCUT2D eigenvalue weighted by Crippen LogP contribution is -2.13. The van der Waals surface area contributed by atoms with Gasteiger partial charge in [-0.3, -0.25) is 0 Å². The second-order valence-corrected chi connectivity index (χ2v) is 11.3. The molecule has 0 saturated carbocycles. The summed E-state index contributed by atoms with van der Waals surface area (Å²) in [4.78, 5) is 0. The highest BCUT2D eigenvalue weighted by Crippen LogP contribution is 2.32. The normalized spacial score (nSPS) is 11.1. The maximum atomic E-state index is 9.05. The molecule has 0 radical (unpaired) electrons. The average molecular weight is 566 g/mol. The molecule has 0 aliphatic heterocycles. The maximum Gasteiger partial charge on any atom is 0.122 e. The van der Waals surface area contributed by atoms with Gasteiger partial charge in [0.1, 0.15) is 24.7 Å². The molecule has 222 valence electrons. The van der Waals surface area contributed by atoms with Gasteiger partial charge >= 0.3 is 0 Å². The number of hydrogen-bond donors (Lipinski definition) is 2. The van der Waals surface area contributed by atoms with Crippen molar-refractivity contribution in [1.29, 1.82) is 0 Å². The molecule has 0 heterocycles. The smallest absolute Gasteiger partial charge is 0.122 e. The number of rotatable bonds is 15. The van der Waals surface area contributed by atoms with Crippen LogP contribution in [0, 0.1) is 27.7 Å². The van der Waals surface area contributed by atoms with Crippen LogP contribution in [0.1, 0.15) is 70.7 Å². The Kier molecular flexibility index (Phi) is 11.6. The first-order chi connectivity index (χ1) is 20.4. The third-order valence-electron chi connectivity index (χ3n) is 8.06. The topological polar surface area (TPSA) is 50.7 Å². The highest BCUT2D eigenvalue weighted by atomic mass is 16.5. The van der Waals surface area contributed by atoms with Crippen molar-refractivity contribution >= 4 is 0 Å². The summed E-state index contributed by atoms with van der Waals surface area (Å²) < 4.78 is 12.6. The molecular weight excluding hydrogens is 518 g/mol.